The van der Waals surface area contributed by atoms with Crippen molar-refractivity contribution in [2.24, 2.45) is 10.7 Å². The molecular weight excluding hydrogens is 470 g/mol. The number of ether oxygens (including phenoxy) is 2. The SMILES string of the molecule is CCOC(=O)CN1CCN(CC2CN(c3ccc(C(N)=NC(=O)c4ccco4)cc3)C(=O)O2)CC1=O. The van der Waals surface area contributed by atoms with Crippen LogP contribution in [0.25, 0.3) is 0 Å². The molecule has 2 aromatic rings. The molecule has 12 nitrogen and oxygen atoms in total. The molecule has 2 aliphatic rings. The summed E-state index contributed by atoms with van der Waals surface area (Å²) in [5.41, 5.74) is 7.06. The lowest BCUT2D eigenvalue weighted by Gasteiger charge is -2.34. The van der Waals surface area contributed by atoms with Crippen LogP contribution in [0.3, 0.4) is 0 Å². The molecule has 4 rings (SSSR count). The number of amidine groups is 1. The third-order valence-electron chi connectivity index (χ3n) is 5.79. The first-order valence-corrected chi connectivity index (χ1v) is 11.5. The smallest absolute Gasteiger partial charge is 0.414 e. The first-order valence-electron chi connectivity index (χ1n) is 11.5. The van der Waals surface area contributed by atoms with Gasteiger partial charge in [0.2, 0.25) is 5.91 Å². The van der Waals surface area contributed by atoms with Crippen molar-refractivity contribution >= 4 is 35.4 Å². The van der Waals surface area contributed by atoms with E-state index < -0.39 is 24.1 Å². The fourth-order valence-corrected chi connectivity index (χ4v) is 4.00. The third kappa shape index (κ3) is 5.89. The predicted molar refractivity (Wildman–Crippen MR) is 127 cm³/mol. The molecule has 1 unspecified atom stereocenters. The molecule has 2 N–H and O–H groups in total. The topological polar surface area (TPSA) is 148 Å². The number of esters is 1. The van der Waals surface area contributed by atoms with E-state index in [-0.39, 0.29) is 37.2 Å². The van der Waals surface area contributed by atoms with Crippen LogP contribution in [0, 0.1) is 0 Å². The summed E-state index contributed by atoms with van der Waals surface area (Å²) < 4.78 is 15.4. The Hall–Kier alpha value is -4.19. The Bertz CT molecular complexity index is 1150. The van der Waals surface area contributed by atoms with E-state index in [1.165, 1.54) is 22.1 Å². The molecule has 0 bridgehead atoms. The molecule has 190 valence electrons. The molecule has 1 aromatic heterocycles. The number of hydrogen-bond donors (Lipinski definition) is 1. The van der Waals surface area contributed by atoms with E-state index in [4.69, 9.17) is 19.6 Å². The molecule has 3 amide bonds. The average Bonchev–Trinajstić information content (AvgIpc) is 3.51. The van der Waals surface area contributed by atoms with Crippen molar-refractivity contribution in [3.8, 4) is 0 Å². The molecule has 2 fully saturated rings. The standard InChI is InChI=1S/C24H27N5O7/c1-2-34-21(31)15-28-10-9-27(14-20(28)30)12-18-13-29(24(33)36-18)17-7-5-16(6-8-17)22(25)26-23(32)19-4-3-11-35-19/h3-8,11,18H,2,9-10,12-15H2,1H3,(H2,25,26,32). The maximum absolute atomic E-state index is 12.5. The molecular formula is C24H27N5O7. The van der Waals surface area contributed by atoms with E-state index in [1.807, 2.05) is 4.90 Å². The number of hydrogen-bond acceptors (Lipinski definition) is 8. The third-order valence-corrected chi connectivity index (χ3v) is 5.79. The van der Waals surface area contributed by atoms with Crippen molar-refractivity contribution in [2.75, 3.05) is 50.8 Å². The van der Waals surface area contributed by atoms with Gasteiger partial charge in [0.25, 0.3) is 0 Å². The molecule has 0 aliphatic carbocycles. The van der Waals surface area contributed by atoms with Gasteiger partial charge in [0, 0.05) is 30.9 Å². The highest BCUT2D eigenvalue weighted by atomic mass is 16.6. The highest BCUT2D eigenvalue weighted by Crippen LogP contribution is 2.23. The molecule has 1 aromatic carbocycles. The van der Waals surface area contributed by atoms with Crippen molar-refractivity contribution < 1.29 is 33.1 Å². The van der Waals surface area contributed by atoms with Crippen molar-refractivity contribution in [3.63, 3.8) is 0 Å². The Morgan fingerprint density at radius 1 is 1.17 bits per heavy atom. The van der Waals surface area contributed by atoms with Crippen LogP contribution in [0.2, 0.25) is 0 Å². The maximum Gasteiger partial charge on any atom is 0.414 e. The lowest BCUT2D eigenvalue weighted by molar-refractivity contribution is -0.151. The minimum atomic E-state index is -0.590. The Morgan fingerprint density at radius 2 is 1.94 bits per heavy atom. The zero-order valence-corrected chi connectivity index (χ0v) is 19.8. The van der Waals surface area contributed by atoms with Crippen LogP contribution in [-0.2, 0) is 19.1 Å². The van der Waals surface area contributed by atoms with Gasteiger partial charge in [-0.15, -0.1) is 0 Å². The van der Waals surface area contributed by atoms with E-state index in [9.17, 15) is 19.2 Å². The van der Waals surface area contributed by atoms with Gasteiger partial charge in [0.05, 0.1) is 26.0 Å². The number of anilines is 1. The number of nitrogens with zero attached hydrogens (tertiary/aromatic N) is 4. The summed E-state index contributed by atoms with van der Waals surface area (Å²) >= 11 is 0. The molecule has 2 aliphatic heterocycles. The van der Waals surface area contributed by atoms with E-state index in [0.29, 0.717) is 37.4 Å². The van der Waals surface area contributed by atoms with E-state index >= 15 is 0 Å². The summed E-state index contributed by atoms with van der Waals surface area (Å²) in [6.07, 6.45) is 0.467. The number of benzene rings is 1. The van der Waals surface area contributed by atoms with Crippen LogP contribution < -0.4 is 10.6 Å². The number of furan rings is 1. The highest BCUT2D eigenvalue weighted by Gasteiger charge is 2.35. The second kappa shape index (κ2) is 11.0. The quantitative estimate of drug-likeness (QED) is 0.318. The van der Waals surface area contributed by atoms with Crippen LogP contribution in [0.5, 0.6) is 0 Å². The van der Waals surface area contributed by atoms with Gasteiger partial charge in [0.15, 0.2) is 5.76 Å². The number of cyclic esters (lactones) is 1. The zero-order chi connectivity index (χ0) is 25.7. The van der Waals surface area contributed by atoms with Crippen LogP contribution in [-0.4, -0.2) is 91.5 Å². The monoisotopic (exact) mass is 497 g/mol. The molecule has 0 spiro atoms. The highest BCUT2D eigenvalue weighted by molar-refractivity contribution is 6.08. The van der Waals surface area contributed by atoms with E-state index in [0.717, 1.165) is 0 Å². The van der Waals surface area contributed by atoms with Gasteiger partial charge < -0.3 is 24.5 Å². The largest absolute Gasteiger partial charge is 0.465 e. The number of piperazine rings is 1. The molecule has 1 atom stereocenters. The molecule has 3 heterocycles. The Kier molecular flexibility index (Phi) is 7.64. The molecule has 2 saturated heterocycles. The molecule has 36 heavy (non-hydrogen) atoms. The Morgan fingerprint density at radius 3 is 2.61 bits per heavy atom. The number of nitrogens with two attached hydrogens (primary N) is 1. The summed E-state index contributed by atoms with van der Waals surface area (Å²) in [7, 11) is 0. The minimum absolute atomic E-state index is 0.0246. The van der Waals surface area contributed by atoms with Crippen molar-refractivity contribution in [3.05, 3.63) is 54.0 Å². The zero-order valence-electron chi connectivity index (χ0n) is 19.8. The Labute approximate surface area is 207 Å². The number of rotatable bonds is 8. The number of amides is 3. The fraction of sp³-hybridized carbons (Fsp3) is 0.375. The van der Waals surface area contributed by atoms with Gasteiger partial charge in [-0.1, -0.05) is 0 Å². The lowest BCUT2D eigenvalue weighted by atomic mass is 10.1. The second-order valence-electron chi connectivity index (χ2n) is 8.30. The summed E-state index contributed by atoms with van der Waals surface area (Å²) in [5.74, 6) is -1.08. The molecule has 0 radical (unpaired) electrons. The van der Waals surface area contributed by atoms with Gasteiger partial charge in [0.1, 0.15) is 18.5 Å². The maximum atomic E-state index is 12.5. The van der Waals surface area contributed by atoms with Gasteiger partial charge >= 0.3 is 18.0 Å². The van der Waals surface area contributed by atoms with Crippen LogP contribution in [0.15, 0.2) is 52.1 Å². The van der Waals surface area contributed by atoms with Gasteiger partial charge in [-0.3, -0.25) is 24.2 Å². The van der Waals surface area contributed by atoms with Crippen LogP contribution >= 0.6 is 0 Å². The van der Waals surface area contributed by atoms with E-state index in [1.54, 1.807) is 37.3 Å². The number of aliphatic imine (C=N–C) groups is 1. The minimum Gasteiger partial charge on any atom is -0.465 e. The van der Waals surface area contributed by atoms with Crippen molar-refractivity contribution in [1.29, 1.82) is 0 Å². The summed E-state index contributed by atoms with van der Waals surface area (Å²) in [6.45, 7) is 3.73. The van der Waals surface area contributed by atoms with Crippen LogP contribution in [0.1, 0.15) is 23.0 Å². The lowest BCUT2D eigenvalue weighted by Crippen LogP contribution is -2.53. The van der Waals surface area contributed by atoms with Crippen LogP contribution in [0.4, 0.5) is 10.5 Å². The van der Waals surface area contributed by atoms with Crippen molar-refractivity contribution in [2.45, 2.75) is 13.0 Å². The fourth-order valence-electron chi connectivity index (χ4n) is 4.00. The van der Waals surface area contributed by atoms with Gasteiger partial charge in [-0.25, -0.2) is 4.79 Å². The average molecular weight is 498 g/mol. The van der Waals surface area contributed by atoms with E-state index in [2.05, 4.69) is 4.99 Å². The number of carbonyl (C=O) groups is 4. The second-order valence-corrected chi connectivity index (χ2v) is 8.30. The Balaban J connectivity index is 1.31. The van der Waals surface area contributed by atoms with Crippen molar-refractivity contribution in [1.82, 2.24) is 9.80 Å². The molecule has 0 saturated carbocycles. The first kappa shape index (κ1) is 24.9. The normalized spacial score (nSPS) is 18.9. The first-order chi connectivity index (χ1) is 17.3. The summed E-state index contributed by atoms with van der Waals surface area (Å²) in [5, 5.41) is 0. The molecule has 12 heteroatoms. The predicted octanol–water partition coefficient (Wildman–Crippen LogP) is 0.858. The van der Waals surface area contributed by atoms with Gasteiger partial charge in [-0.05, 0) is 43.3 Å². The summed E-state index contributed by atoms with van der Waals surface area (Å²) in [4.78, 5) is 57.3. The number of carbonyl (C=O) groups excluding carboxylic acids is 4. The van der Waals surface area contributed by atoms with Gasteiger partial charge in [-0.2, -0.15) is 4.99 Å². The summed E-state index contributed by atoms with van der Waals surface area (Å²) in [6, 6.07) is 9.78.